The predicted octanol–water partition coefficient (Wildman–Crippen LogP) is 3.56. The maximum Gasteiger partial charge on any atom is 0.331 e. The quantitative estimate of drug-likeness (QED) is 0.166. The van der Waals surface area contributed by atoms with Gasteiger partial charge in [0.2, 0.25) is 0 Å². The molecule has 0 radical (unpaired) electrons. The van der Waals surface area contributed by atoms with Crippen LogP contribution in [0.4, 0.5) is 0 Å². The Morgan fingerprint density at radius 2 is 1.36 bits per heavy atom. The molecule has 7 rings (SSSR count). The van der Waals surface area contributed by atoms with Crippen molar-refractivity contribution in [1.82, 2.24) is 14.1 Å². The van der Waals surface area contributed by atoms with E-state index in [1.807, 2.05) is 52.5 Å². The number of aromatic nitrogens is 3. The summed E-state index contributed by atoms with van der Waals surface area (Å²) in [6, 6.07) is 1.47. The first kappa shape index (κ1) is 40.9. The van der Waals surface area contributed by atoms with Crippen molar-refractivity contribution in [2.45, 2.75) is 92.2 Å². The number of aliphatic imine (C=N–C) groups is 2. The molecule has 3 aromatic rings. The lowest BCUT2D eigenvalue weighted by Crippen LogP contribution is -2.43. The number of ether oxygens (including phenoxy) is 4. The Bertz CT molecular complexity index is 2690. The summed E-state index contributed by atoms with van der Waals surface area (Å²) in [5, 5.41) is 3.08. The van der Waals surface area contributed by atoms with E-state index in [0.717, 1.165) is 73.3 Å². The maximum atomic E-state index is 14.4. The van der Waals surface area contributed by atoms with E-state index < -0.39 is 24.0 Å². The van der Waals surface area contributed by atoms with Crippen molar-refractivity contribution < 1.29 is 38.1 Å². The second kappa shape index (κ2) is 16.9. The Morgan fingerprint density at radius 1 is 0.729 bits per heavy atom. The van der Waals surface area contributed by atoms with E-state index in [1.54, 1.807) is 0 Å². The van der Waals surface area contributed by atoms with Gasteiger partial charge < -0.3 is 33.1 Å². The number of H-pyrrole nitrogens is 1. The number of esters is 4. The third-order valence-electron chi connectivity index (χ3n) is 11.5. The molecule has 4 aliphatic rings. The molecule has 0 aromatic carbocycles. The maximum absolute atomic E-state index is 14.4. The molecule has 13 nitrogen and oxygen atoms in total. The van der Waals surface area contributed by atoms with Gasteiger partial charge in [0.1, 0.15) is 0 Å². The molecule has 308 valence electrons. The minimum absolute atomic E-state index is 0.223. The van der Waals surface area contributed by atoms with Gasteiger partial charge in [-0.3, -0.25) is 9.59 Å². The van der Waals surface area contributed by atoms with Crippen LogP contribution in [-0.4, -0.2) is 76.9 Å². The molecular weight excluding hydrogens is 751 g/mol. The first-order valence-corrected chi connectivity index (χ1v) is 20.2. The molecule has 2 unspecified atom stereocenters. The zero-order valence-corrected chi connectivity index (χ0v) is 35.0. The van der Waals surface area contributed by atoms with Crippen LogP contribution in [0, 0.1) is 6.92 Å². The number of nitrogens with zero attached hydrogens (tertiary/aromatic N) is 4. The number of allylic oxidation sites excluding steroid dienone is 4. The molecule has 2 atom stereocenters. The summed E-state index contributed by atoms with van der Waals surface area (Å²) < 4.78 is 25.4. The van der Waals surface area contributed by atoms with E-state index in [9.17, 15) is 19.2 Å². The van der Waals surface area contributed by atoms with Crippen molar-refractivity contribution in [3.63, 3.8) is 0 Å². The van der Waals surface area contributed by atoms with Crippen LogP contribution in [0.1, 0.15) is 99.6 Å². The smallest absolute Gasteiger partial charge is 0.331 e. The van der Waals surface area contributed by atoms with E-state index >= 15 is 0 Å². The standard InChI is InChI=1S/C46H51N5O8/c1-9-31-32(10-2)39-24-42-34(14-12-20-59-28(6)53)26(4)41-22-30-16-18-40(50(30)43(45(54)56-7)44(51(41)42)46(55)57-8)35-17-15-29(47-35)21-36-25(3)33(13-11-19-58-27(5)52)38(48-36)23-37(31)49-39/h15-18,21-24,43-44,49H,9-14,19-20H2,1-8H3. The largest absolute Gasteiger partial charge is 0.467 e. The van der Waals surface area contributed by atoms with Crippen LogP contribution in [0.3, 0.4) is 0 Å². The molecule has 0 saturated carbocycles. The van der Waals surface area contributed by atoms with Gasteiger partial charge in [0.25, 0.3) is 0 Å². The summed E-state index contributed by atoms with van der Waals surface area (Å²) >= 11 is 0. The fourth-order valence-electron chi connectivity index (χ4n) is 8.81. The minimum Gasteiger partial charge on any atom is -0.467 e. The molecule has 0 aliphatic carbocycles. The first-order chi connectivity index (χ1) is 28.4. The third-order valence-corrected chi connectivity index (χ3v) is 11.5. The molecule has 0 amide bonds. The highest BCUT2D eigenvalue weighted by Crippen LogP contribution is 2.37. The lowest BCUT2D eigenvalue weighted by molar-refractivity contribution is -0.155. The molecule has 7 heterocycles. The summed E-state index contributed by atoms with van der Waals surface area (Å²) in [4.78, 5) is 65.9. The first-order valence-electron chi connectivity index (χ1n) is 20.2. The van der Waals surface area contributed by atoms with Gasteiger partial charge in [0.15, 0.2) is 12.1 Å². The van der Waals surface area contributed by atoms with Gasteiger partial charge >= 0.3 is 23.9 Å². The normalized spacial score (nSPS) is 17.5. The second-order valence-corrected chi connectivity index (χ2v) is 15.0. The van der Waals surface area contributed by atoms with Gasteiger partial charge in [-0.2, -0.15) is 0 Å². The molecule has 0 saturated heterocycles. The van der Waals surface area contributed by atoms with Crippen LogP contribution in [-0.2, 0) is 57.4 Å². The van der Waals surface area contributed by atoms with Crippen molar-refractivity contribution in [2.24, 2.45) is 9.98 Å². The lowest BCUT2D eigenvalue weighted by atomic mass is 9.99. The number of nitrogens with one attached hydrogen (secondary N) is 1. The topological polar surface area (TPSA) is 156 Å². The molecule has 3 aromatic heterocycles. The van der Waals surface area contributed by atoms with E-state index in [1.165, 1.54) is 28.1 Å². The van der Waals surface area contributed by atoms with Crippen molar-refractivity contribution in [1.29, 1.82) is 0 Å². The van der Waals surface area contributed by atoms with E-state index in [-0.39, 0.29) is 18.5 Å². The number of aromatic amines is 1. The van der Waals surface area contributed by atoms with Crippen LogP contribution in [0.15, 0.2) is 57.2 Å². The predicted molar refractivity (Wildman–Crippen MR) is 224 cm³/mol. The van der Waals surface area contributed by atoms with E-state index in [4.69, 9.17) is 28.9 Å². The summed E-state index contributed by atoms with van der Waals surface area (Å²) in [5.41, 5.74) is 10.5. The van der Waals surface area contributed by atoms with Gasteiger partial charge in [-0.05, 0) is 134 Å². The van der Waals surface area contributed by atoms with Gasteiger partial charge in [0, 0.05) is 41.3 Å². The third kappa shape index (κ3) is 7.61. The molecular formula is C46H51N5O8. The zero-order chi connectivity index (χ0) is 42.1. The summed E-state index contributed by atoms with van der Waals surface area (Å²) in [6.45, 7) is 11.7. The number of methoxy groups -OCH3 is 2. The van der Waals surface area contributed by atoms with Crippen LogP contribution in [0.25, 0.3) is 23.9 Å². The average molecular weight is 802 g/mol. The highest BCUT2D eigenvalue weighted by atomic mass is 16.5. The van der Waals surface area contributed by atoms with Crippen LogP contribution in [0.5, 0.6) is 0 Å². The molecule has 8 bridgehead atoms. The average Bonchev–Trinajstić information content (AvgIpc) is 4.01. The number of rotatable bonds is 12. The summed E-state index contributed by atoms with van der Waals surface area (Å²) in [5.74, 6) is -1.90. The van der Waals surface area contributed by atoms with Crippen molar-refractivity contribution in [2.75, 3.05) is 27.4 Å². The Balaban J connectivity index is 1.60. The molecule has 0 fully saturated rings. The Kier molecular flexibility index (Phi) is 11.7. The molecule has 1 N–H and O–H groups in total. The van der Waals surface area contributed by atoms with Crippen molar-refractivity contribution in [3.05, 3.63) is 102 Å². The molecule has 59 heavy (non-hydrogen) atoms. The van der Waals surface area contributed by atoms with Crippen LogP contribution in [0.2, 0.25) is 0 Å². The number of hydrogen-bond acceptors (Lipinski definition) is 10. The summed E-state index contributed by atoms with van der Waals surface area (Å²) in [7, 11) is 2.65. The Morgan fingerprint density at radius 3 is 1.98 bits per heavy atom. The van der Waals surface area contributed by atoms with Gasteiger partial charge in [0.05, 0.1) is 55.6 Å². The number of carbonyl (C=O) groups is 4. The second-order valence-electron chi connectivity index (χ2n) is 15.0. The van der Waals surface area contributed by atoms with Crippen LogP contribution < -0.4 is 21.4 Å². The van der Waals surface area contributed by atoms with Crippen LogP contribution >= 0.6 is 0 Å². The van der Waals surface area contributed by atoms with Crippen molar-refractivity contribution in [3.8, 4) is 0 Å². The number of hydrogen-bond donors (Lipinski definition) is 1. The van der Waals surface area contributed by atoms with Gasteiger partial charge in [-0.15, -0.1) is 0 Å². The molecule has 4 aliphatic heterocycles. The Labute approximate surface area is 342 Å². The van der Waals surface area contributed by atoms with Gasteiger partial charge in [-0.1, -0.05) is 13.8 Å². The minimum atomic E-state index is -1.18. The fraction of sp³-hybridized carbons (Fsp3) is 0.391. The SMILES string of the molecule is CCc1c(CC)c2[nH]c1=CC1=NC(=CC3=NC(=c4ccc5n4C(C(=O)OC)C(C(=O)OC)n4c(c(C)c(CCCOC(C)=O)c4C=2)C=5)C=C3)C(C)=C1CCCOC(C)=O. The van der Waals surface area contributed by atoms with E-state index in [0.29, 0.717) is 60.8 Å². The number of carbonyl (C=O) groups excluding carboxylic acids is 4. The monoisotopic (exact) mass is 801 g/mol. The number of fused-ring (bicyclic) bond motifs is 5. The fourth-order valence-corrected chi connectivity index (χ4v) is 8.81. The highest BCUT2D eigenvalue weighted by Gasteiger charge is 2.43. The molecule has 13 heteroatoms. The summed E-state index contributed by atoms with van der Waals surface area (Å²) in [6.07, 6.45) is 15.7. The lowest BCUT2D eigenvalue weighted by Gasteiger charge is -2.27. The Hall–Kier alpha value is -6.24. The van der Waals surface area contributed by atoms with E-state index in [2.05, 4.69) is 37.9 Å². The zero-order valence-electron chi connectivity index (χ0n) is 35.0. The molecule has 0 spiro atoms. The highest BCUT2D eigenvalue weighted by molar-refractivity contribution is 6.24. The van der Waals surface area contributed by atoms with Gasteiger partial charge in [-0.25, -0.2) is 19.6 Å². The van der Waals surface area contributed by atoms with Crippen molar-refractivity contribution >= 4 is 59.2 Å².